The molecule has 1 saturated heterocycles. The van der Waals surface area contributed by atoms with Crippen molar-refractivity contribution in [3.8, 4) is 0 Å². The lowest BCUT2D eigenvalue weighted by Gasteiger charge is -2.39. The lowest BCUT2D eigenvalue weighted by atomic mass is 10.2. The highest BCUT2D eigenvalue weighted by Crippen LogP contribution is 2.25. The van der Waals surface area contributed by atoms with Gasteiger partial charge in [0.25, 0.3) is 0 Å². The van der Waals surface area contributed by atoms with Gasteiger partial charge in [0.2, 0.25) is 0 Å². The normalized spacial score (nSPS) is 18.2. The van der Waals surface area contributed by atoms with Crippen LogP contribution < -0.4 is 5.32 Å². The zero-order chi connectivity index (χ0) is 19.0. The van der Waals surface area contributed by atoms with Crippen LogP contribution in [0.1, 0.15) is 19.1 Å². The van der Waals surface area contributed by atoms with Crippen LogP contribution in [0, 0.1) is 0 Å². The van der Waals surface area contributed by atoms with Crippen molar-refractivity contribution >= 4 is 5.96 Å². The van der Waals surface area contributed by atoms with E-state index in [-0.39, 0.29) is 0 Å². The topological polar surface area (TPSA) is 53.2 Å². The molecule has 2 rings (SSSR count). The fourth-order valence-corrected chi connectivity index (χ4v) is 2.80. The zero-order valence-corrected chi connectivity index (χ0v) is 15.3. The molecule has 6 nitrogen and oxygen atoms in total. The summed E-state index contributed by atoms with van der Waals surface area (Å²) in [5.74, 6) is 1.51. The van der Waals surface area contributed by atoms with Crippen molar-refractivity contribution in [2.75, 3.05) is 46.4 Å². The highest BCUT2D eigenvalue weighted by Gasteiger charge is 2.41. The molecule has 1 fully saturated rings. The Morgan fingerprint density at radius 2 is 2.08 bits per heavy atom. The summed E-state index contributed by atoms with van der Waals surface area (Å²) in [5.41, 5.74) is 0. The van der Waals surface area contributed by atoms with E-state index in [1.165, 1.54) is 11.8 Å². The number of hydrogen-bond donors (Lipinski definition) is 1. The van der Waals surface area contributed by atoms with Crippen LogP contribution in [0.3, 0.4) is 0 Å². The number of rotatable bonds is 7. The van der Waals surface area contributed by atoms with Crippen LogP contribution in [-0.2, 0) is 11.3 Å². The van der Waals surface area contributed by atoms with Gasteiger partial charge in [-0.25, -0.2) is 0 Å². The lowest BCUT2D eigenvalue weighted by Crippen LogP contribution is -2.56. The monoisotopic (exact) mass is 376 g/mol. The minimum atomic E-state index is -4.18. The Hall–Kier alpha value is -1.74. The maximum absolute atomic E-state index is 12.8. The van der Waals surface area contributed by atoms with Crippen LogP contribution in [0.15, 0.2) is 27.8 Å². The van der Waals surface area contributed by atoms with Crippen molar-refractivity contribution in [1.29, 1.82) is 0 Å². The quantitative estimate of drug-likeness (QED) is 0.450. The molecule has 1 aromatic rings. The number of piperazine rings is 1. The van der Waals surface area contributed by atoms with Crippen LogP contribution in [0.5, 0.6) is 0 Å². The first-order valence-corrected chi connectivity index (χ1v) is 8.78. The molecular formula is C17H27F3N4O2. The maximum Gasteiger partial charge on any atom is 0.403 e. The van der Waals surface area contributed by atoms with Gasteiger partial charge in [0, 0.05) is 46.4 Å². The van der Waals surface area contributed by atoms with Crippen LogP contribution in [0.25, 0.3) is 0 Å². The van der Waals surface area contributed by atoms with E-state index < -0.39 is 12.2 Å². The van der Waals surface area contributed by atoms with Gasteiger partial charge in [0.15, 0.2) is 5.96 Å². The molecule has 0 bridgehead atoms. The minimum Gasteiger partial charge on any atom is -0.467 e. The van der Waals surface area contributed by atoms with Gasteiger partial charge >= 0.3 is 6.18 Å². The highest BCUT2D eigenvalue weighted by atomic mass is 19.4. The third-order valence-electron chi connectivity index (χ3n) is 4.42. The second-order valence-electron chi connectivity index (χ2n) is 6.20. The van der Waals surface area contributed by atoms with Crippen LogP contribution in [0.4, 0.5) is 13.2 Å². The molecule has 1 N–H and O–H groups in total. The first-order valence-electron chi connectivity index (χ1n) is 8.78. The summed E-state index contributed by atoms with van der Waals surface area (Å²) in [6.07, 6.45) is -1.78. The van der Waals surface area contributed by atoms with Crippen LogP contribution in [0.2, 0.25) is 0 Å². The molecular weight excluding hydrogens is 349 g/mol. The van der Waals surface area contributed by atoms with Crippen molar-refractivity contribution in [2.24, 2.45) is 4.99 Å². The van der Waals surface area contributed by atoms with Crippen LogP contribution in [-0.4, -0.2) is 74.4 Å². The van der Waals surface area contributed by atoms with Crippen molar-refractivity contribution in [1.82, 2.24) is 15.1 Å². The molecule has 1 aliphatic rings. The van der Waals surface area contributed by atoms with E-state index in [0.29, 0.717) is 45.9 Å². The molecule has 9 heteroatoms. The summed E-state index contributed by atoms with van der Waals surface area (Å²) in [7, 11) is 1.68. The number of ether oxygens (including phenoxy) is 1. The van der Waals surface area contributed by atoms with Crippen molar-refractivity contribution in [3.05, 3.63) is 24.2 Å². The summed E-state index contributed by atoms with van der Waals surface area (Å²) in [6.45, 7) is 4.71. The number of aliphatic imine (C=N–C) groups is 1. The first kappa shape index (κ1) is 20.6. The Morgan fingerprint density at radius 3 is 2.65 bits per heavy atom. The molecule has 1 aliphatic heterocycles. The average Bonchev–Trinajstić information content (AvgIpc) is 3.13. The van der Waals surface area contributed by atoms with Gasteiger partial charge in [0.05, 0.1) is 6.26 Å². The minimum absolute atomic E-state index is 0.369. The number of hydrogen-bond acceptors (Lipinski definition) is 4. The van der Waals surface area contributed by atoms with Crippen molar-refractivity contribution in [3.63, 3.8) is 0 Å². The smallest absolute Gasteiger partial charge is 0.403 e. The molecule has 1 atom stereocenters. The van der Waals surface area contributed by atoms with Gasteiger partial charge in [-0.3, -0.25) is 9.89 Å². The number of halogens is 3. The number of alkyl halides is 3. The van der Waals surface area contributed by atoms with E-state index in [0.717, 1.165) is 18.1 Å². The Bertz CT molecular complexity index is 541. The van der Waals surface area contributed by atoms with Gasteiger partial charge in [-0.1, -0.05) is 0 Å². The number of furan rings is 1. The SMILES string of the molecule is CN=C(NCCCOCc1ccco1)N1CCN(C(C)C(F)(F)F)CC1. The summed E-state index contributed by atoms with van der Waals surface area (Å²) >= 11 is 0. The van der Waals surface area contributed by atoms with E-state index in [9.17, 15) is 13.2 Å². The van der Waals surface area contributed by atoms with Gasteiger partial charge in [0.1, 0.15) is 18.4 Å². The number of guanidine groups is 1. The van der Waals surface area contributed by atoms with E-state index in [1.807, 2.05) is 17.0 Å². The fourth-order valence-electron chi connectivity index (χ4n) is 2.80. The molecule has 148 valence electrons. The lowest BCUT2D eigenvalue weighted by molar-refractivity contribution is -0.181. The van der Waals surface area contributed by atoms with E-state index in [4.69, 9.17) is 9.15 Å². The number of nitrogens with zero attached hydrogens (tertiary/aromatic N) is 3. The maximum atomic E-state index is 12.8. The fraction of sp³-hybridized carbons (Fsp3) is 0.706. The predicted molar refractivity (Wildman–Crippen MR) is 93.0 cm³/mol. The first-order chi connectivity index (χ1) is 12.4. The highest BCUT2D eigenvalue weighted by molar-refractivity contribution is 5.79. The van der Waals surface area contributed by atoms with Gasteiger partial charge < -0.3 is 19.4 Å². The molecule has 2 heterocycles. The van der Waals surface area contributed by atoms with E-state index in [1.54, 1.807) is 13.3 Å². The Labute approximate surface area is 152 Å². The predicted octanol–water partition coefficient (Wildman–Crippen LogP) is 2.33. The molecule has 26 heavy (non-hydrogen) atoms. The third-order valence-corrected chi connectivity index (χ3v) is 4.42. The Balaban J connectivity index is 1.63. The zero-order valence-electron chi connectivity index (χ0n) is 15.3. The van der Waals surface area contributed by atoms with Gasteiger partial charge in [-0.05, 0) is 25.5 Å². The summed E-state index contributed by atoms with van der Waals surface area (Å²) in [6, 6.07) is 2.27. The average molecular weight is 376 g/mol. The molecule has 0 amide bonds. The van der Waals surface area contributed by atoms with Gasteiger partial charge in [-0.2, -0.15) is 13.2 Å². The Morgan fingerprint density at radius 1 is 1.35 bits per heavy atom. The second-order valence-corrected chi connectivity index (χ2v) is 6.20. The van der Waals surface area contributed by atoms with E-state index in [2.05, 4.69) is 10.3 Å². The molecule has 0 saturated carbocycles. The number of nitrogens with one attached hydrogen (secondary N) is 1. The molecule has 1 aromatic heterocycles. The van der Waals surface area contributed by atoms with Crippen LogP contribution >= 0.6 is 0 Å². The van der Waals surface area contributed by atoms with E-state index >= 15 is 0 Å². The third kappa shape index (κ3) is 6.21. The van der Waals surface area contributed by atoms with Crippen molar-refractivity contribution < 1.29 is 22.3 Å². The second kappa shape index (κ2) is 9.82. The summed E-state index contributed by atoms with van der Waals surface area (Å²) < 4.78 is 49.1. The largest absolute Gasteiger partial charge is 0.467 e. The summed E-state index contributed by atoms with van der Waals surface area (Å²) in [5, 5.41) is 3.24. The van der Waals surface area contributed by atoms with Gasteiger partial charge in [-0.15, -0.1) is 0 Å². The summed E-state index contributed by atoms with van der Waals surface area (Å²) in [4.78, 5) is 7.68. The standard InChI is InChI=1S/C17H27F3N4O2/c1-14(17(18,19)20)23-7-9-24(10-8-23)16(21-2)22-6-4-11-25-13-15-5-3-12-26-15/h3,5,12,14H,4,6-11,13H2,1-2H3,(H,21,22). The molecule has 0 radical (unpaired) electrons. The molecule has 1 unspecified atom stereocenters. The molecule has 0 aromatic carbocycles. The van der Waals surface area contributed by atoms with Crippen molar-refractivity contribution in [2.45, 2.75) is 32.2 Å². The molecule has 0 aliphatic carbocycles. The molecule has 0 spiro atoms. The Kier molecular flexibility index (Phi) is 7.77.